The minimum Gasteiger partial charge on any atom is -0.550 e. The van der Waals surface area contributed by atoms with Crippen LogP contribution in [0.1, 0.15) is 36.8 Å². The Hall–Kier alpha value is 3.57. The Labute approximate surface area is 370 Å². The van der Waals surface area contributed by atoms with Crippen molar-refractivity contribution in [3.63, 3.8) is 0 Å². The average molecular weight is 577 g/mol. The fourth-order valence-electron chi connectivity index (χ4n) is 2.80. The van der Waals surface area contributed by atoms with Gasteiger partial charge in [0.2, 0.25) is 0 Å². The summed E-state index contributed by atoms with van der Waals surface area (Å²) in [6.07, 6.45) is -0.901. The second kappa shape index (κ2) is 26.8. The minimum atomic E-state index is -1.22. The number of hydrogen-bond donors (Lipinski definition) is 0. The van der Waals surface area contributed by atoms with Crippen molar-refractivity contribution in [2.75, 3.05) is 26.2 Å². The number of nitrogens with zero attached hydrogens (tertiary/aromatic N) is 2. The molecule has 0 amide bonds. The molecule has 1 aromatic rings. The summed E-state index contributed by atoms with van der Waals surface area (Å²) in [4.78, 5) is 46.1. The van der Waals surface area contributed by atoms with E-state index in [0.717, 1.165) is 11.1 Å². The topological polar surface area (TPSA) is 167 Å². The van der Waals surface area contributed by atoms with Crippen molar-refractivity contribution in [1.29, 1.82) is 0 Å². The van der Waals surface area contributed by atoms with Gasteiger partial charge in [-0.1, -0.05) is 24.3 Å². The van der Waals surface area contributed by atoms with Gasteiger partial charge >= 0.3 is 206 Å². The Morgan fingerprint density at radius 3 is 0.882 bits per heavy atom. The van der Waals surface area contributed by atoms with Crippen molar-refractivity contribution >= 4 is 23.9 Å². The maximum atomic E-state index is 10.7. The smallest absolute Gasteiger partial charge is 0.550 e. The largest absolute Gasteiger partial charge is 1.00 e. The van der Waals surface area contributed by atoms with Crippen LogP contribution in [0.15, 0.2) is 24.3 Å². The van der Waals surface area contributed by atoms with Crippen LogP contribution in [-0.2, 0) is 32.3 Å². The zero-order valence-electron chi connectivity index (χ0n) is 20.5. The number of carbonyl (C=O) groups is 4. The second-order valence-electron chi connectivity index (χ2n) is 6.86. The van der Waals surface area contributed by atoms with E-state index in [0.29, 0.717) is 13.1 Å². The van der Waals surface area contributed by atoms with E-state index < -0.39 is 23.9 Å². The number of rotatable bonds is 16. The molecule has 0 atom stereocenters. The molecule has 0 fully saturated rings. The molecule has 0 aliphatic heterocycles. The maximum Gasteiger partial charge on any atom is 1.00 e. The summed E-state index contributed by atoms with van der Waals surface area (Å²) < 4.78 is 0. The van der Waals surface area contributed by atoms with Gasteiger partial charge in [0, 0.05) is 63.1 Å². The molecule has 0 aliphatic carbocycles. The number of carboxylic acid groups (broad SMARTS) is 4. The van der Waals surface area contributed by atoms with E-state index in [-0.39, 0.29) is 257 Å². The third kappa shape index (κ3) is 24.6. The van der Waals surface area contributed by atoms with Gasteiger partial charge in [-0.3, -0.25) is 9.80 Å². The van der Waals surface area contributed by atoms with E-state index >= 15 is 0 Å². The molecule has 0 radical (unpaired) electrons. The molecule has 0 heterocycles. The van der Waals surface area contributed by atoms with Gasteiger partial charge in [-0.2, -0.15) is 0 Å². The van der Waals surface area contributed by atoms with Gasteiger partial charge in [0.25, 0.3) is 0 Å². The number of hydrogen-bond acceptors (Lipinski definition) is 10. The average Bonchev–Trinajstić information content (AvgIpc) is 2.66. The molecule has 0 N–H and O–H groups in total. The quantitative estimate of drug-likeness (QED) is 0.172. The third-order valence-corrected chi connectivity index (χ3v) is 4.36. The number of aliphatic carboxylic acids is 4. The molecule has 0 spiro atoms. The molecular formula is C20H24K4N2O8. The first-order valence-electron chi connectivity index (χ1n) is 9.47. The number of carboxylic acids is 4. The van der Waals surface area contributed by atoms with Crippen LogP contribution in [0, 0.1) is 0 Å². The van der Waals surface area contributed by atoms with Crippen LogP contribution in [0.25, 0.3) is 0 Å². The van der Waals surface area contributed by atoms with Crippen molar-refractivity contribution in [1.82, 2.24) is 9.80 Å². The molecule has 0 bridgehead atoms. The molecule has 14 heteroatoms. The Morgan fingerprint density at radius 1 is 0.500 bits per heavy atom. The van der Waals surface area contributed by atoms with Crippen LogP contribution in [0.3, 0.4) is 0 Å². The first-order chi connectivity index (χ1) is 14.2. The standard InChI is InChI=1S/C20H28N2O8.4K/c23-17(24)5-9-21(10-6-18(25)26)13-15-1-2-16(4-3-15)14-22(11-7-19(27)28)12-8-20(29)30;;;;/h1-4H,5-14H2,(H,23,24)(H,25,26)(H,27,28)(H,29,30);;;;/q;4*+1/p-4. The van der Waals surface area contributed by atoms with Crippen molar-refractivity contribution in [3.05, 3.63) is 35.4 Å². The number of benzene rings is 1. The van der Waals surface area contributed by atoms with Gasteiger partial charge in [0.05, 0.1) is 0 Å². The van der Waals surface area contributed by atoms with E-state index in [1.165, 1.54) is 0 Å². The minimum absolute atomic E-state index is 0. The van der Waals surface area contributed by atoms with Crippen molar-refractivity contribution < 1.29 is 245 Å². The fraction of sp³-hybridized carbons (Fsp3) is 0.500. The van der Waals surface area contributed by atoms with E-state index in [9.17, 15) is 39.6 Å². The summed E-state index contributed by atoms with van der Waals surface area (Å²) in [5.41, 5.74) is 1.65. The summed E-state index contributed by atoms with van der Waals surface area (Å²) in [5.74, 6) is -4.90. The van der Waals surface area contributed by atoms with Gasteiger partial charge in [-0.05, 0) is 36.8 Å². The molecule has 0 saturated carbocycles. The predicted octanol–water partition coefficient (Wildman–Crippen LogP) is -16.1. The van der Waals surface area contributed by atoms with Crippen LogP contribution >= 0.6 is 0 Å². The van der Waals surface area contributed by atoms with Crippen molar-refractivity contribution in [2.24, 2.45) is 0 Å². The second-order valence-corrected chi connectivity index (χ2v) is 6.86. The molecule has 1 rings (SSSR count). The molecular weight excluding hydrogens is 553 g/mol. The maximum absolute atomic E-state index is 10.7. The van der Waals surface area contributed by atoms with Crippen LogP contribution in [0.2, 0.25) is 0 Å². The van der Waals surface area contributed by atoms with Gasteiger partial charge in [0.1, 0.15) is 0 Å². The summed E-state index contributed by atoms with van der Waals surface area (Å²) >= 11 is 0. The first-order valence-corrected chi connectivity index (χ1v) is 9.47. The van der Waals surface area contributed by atoms with Crippen LogP contribution in [-0.4, -0.2) is 59.9 Å². The molecule has 0 saturated heterocycles. The zero-order chi connectivity index (χ0) is 22.5. The van der Waals surface area contributed by atoms with E-state index in [1.807, 2.05) is 0 Å². The van der Waals surface area contributed by atoms with E-state index in [4.69, 9.17) is 0 Å². The van der Waals surface area contributed by atoms with Gasteiger partial charge in [-0.15, -0.1) is 0 Å². The monoisotopic (exact) mass is 576 g/mol. The molecule has 1 aromatic carbocycles. The summed E-state index contributed by atoms with van der Waals surface area (Å²) in [6, 6.07) is 7.15. The Balaban J connectivity index is -0.00000112. The SMILES string of the molecule is O=C([O-])CCN(CCC(=O)[O-])Cc1ccc(CN(CCC(=O)[O-])CCC(=O)[O-])cc1.[K+].[K+].[K+].[K+]. The molecule has 166 valence electrons. The van der Waals surface area contributed by atoms with Gasteiger partial charge in [0.15, 0.2) is 0 Å². The van der Waals surface area contributed by atoms with Gasteiger partial charge in [-0.25, -0.2) is 0 Å². The third-order valence-electron chi connectivity index (χ3n) is 4.36. The predicted molar refractivity (Wildman–Crippen MR) is 95.5 cm³/mol. The zero-order valence-corrected chi connectivity index (χ0v) is 33.0. The summed E-state index contributed by atoms with van der Waals surface area (Å²) in [7, 11) is 0. The summed E-state index contributed by atoms with van der Waals surface area (Å²) in [5, 5.41) is 42.7. The van der Waals surface area contributed by atoms with Crippen molar-refractivity contribution in [3.8, 4) is 0 Å². The normalized spacial score (nSPS) is 9.71. The molecule has 0 unspecified atom stereocenters. The fourth-order valence-corrected chi connectivity index (χ4v) is 2.80. The van der Waals surface area contributed by atoms with Crippen LogP contribution < -0.4 is 226 Å². The van der Waals surface area contributed by atoms with E-state index in [2.05, 4.69) is 0 Å². The van der Waals surface area contributed by atoms with Crippen LogP contribution in [0.4, 0.5) is 0 Å². The van der Waals surface area contributed by atoms with Crippen LogP contribution in [0.5, 0.6) is 0 Å². The summed E-state index contributed by atoms with van der Waals surface area (Å²) in [6.45, 7) is 1.21. The van der Waals surface area contributed by atoms with Crippen molar-refractivity contribution in [2.45, 2.75) is 38.8 Å². The Morgan fingerprint density at radius 2 is 0.706 bits per heavy atom. The van der Waals surface area contributed by atoms with E-state index in [1.54, 1.807) is 34.1 Å². The number of carbonyl (C=O) groups excluding carboxylic acids is 4. The molecule has 10 nitrogen and oxygen atoms in total. The van der Waals surface area contributed by atoms with Gasteiger partial charge < -0.3 is 39.6 Å². The Kier molecular flexibility index (Phi) is 35.1. The first kappa shape index (κ1) is 44.6. The molecule has 34 heavy (non-hydrogen) atoms. The molecule has 0 aromatic heterocycles. The molecule has 0 aliphatic rings. The Bertz CT molecular complexity index is 641.